The third-order valence-corrected chi connectivity index (χ3v) is 7.54. The van der Waals surface area contributed by atoms with Crippen molar-refractivity contribution in [1.29, 1.82) is 0 Å². The molecule has 2 heterocycles. The van der Waals surface area contributed by atoms with Gasteiger partial charge < -0.3 is 10.1 Å². The molecule has 192 valence electrons. The number of piperidine rings is 1. The standard InChI is InChI=1S/C25H36N4O5S/c1-28(21-7-8-24(32)27-25(21)33)17-20-19(18-30)5-4-6-22(20)35-16-3-2-10-26-23(31)9-11-29-12-14-34-15-13-29/h4-6,18,21H,2-3,7-17H2,1H3,(H,26,31)(H,27,32,33). The van der Waals surface area contributed by atoms with E-state index >= 15 is 0 Å². The van der Waals surface area contributed by atoms with Gasteiger partial charge in [-0.05, 0) is 43.7 Å². The molecule has 0 saturated carbocycles. The molecule has 0 bridgehead atoms. The minimum atomic E-state index is -0.392. The molecule has 0 aliphatic carbocycles. The van der Waals surface area contributed by atoms with E-state index < -0.39 is 6.04 Å². The van der Waals surface area contributed by atoms with Crippen molar-refractivity contribution in [1.82, 2.24) is 20.4 Å². The molecule has 0 aromatic heterocycles. The molecular formula is C25H36N4O5S. The highest BCUT2D eigenvalue weighted by Crippen LogP contribution is 2.28. The highest BCUT2D eigenvalue weighted by Gasteiger charge is 2.30. The van der Waals surface area contributed by atoms with Gasteiger partial charge in [-0.1, -0.05) is 12.1 Å². The number of hydrogen-bond donors (Lipinski definition) is 2. The van der Waals surface area contributed by atoms with Gasteiger partial charge in [-0.25, -0.2) is 0 Å². The van der Waals surface area contributed by atoms with Gasteiger partial charge in [0, 0.05) is 56.0 Å². The van der Waals surface area contributed by atoms with Crippen LogP contribution in [0.25, 0.3) is 0 Å². The summed E-state index contributed by atoms with van der Waals surface area (Å²) in [5.41, 5.74) is 1.51. The lowest BCUT2D eigenvalue weighted by Gasteiger charge is -2.30. The van der Waals surface area contributed by atoms with Gasteiger partial charge in [-0.2, -0.15) is 0 Å². The van der Waals surface area contributed by atoms with Gasteiger partial charge in [-0.3, -0.25) is 34.3 Å². The summed E-state index contributed by atoms with van der Waals surface area (Å²) in [6.07, 6.45) is 3.98. The van der Waals surface area contributed by atoms with E-state index in [-0.39, 0.29) is 17.7 Å². The number of rotatable bonds is 13. The lowest BCUT2D eigenvalue weighted by molar-refractivity contribution is -0.137. The van der Waals surface area contributed by atoms with E-state index in [1.165, 1.54) is 0 Å². The number of thioether (sulfide) groups is 1. The van der Waals surface area contributed by atoms with Crippen LogP contribution in [-0.2, 0) is 25.7 Å². The average Bonchev–Trinajstić information content (AvgIpc) is 2.86. The Morgan fingerprint density at radius 2 is 2.09 bits per heavy atom. The molecule has 2 aliphatic heterocycles. The van der Waals surface area contributed by atoms with Crippen molar-refractivity contribution >= 4 is 35.8 Å². The van der Waals surface area contributed by atoms with Gasteiger partial charge in [0.2, 0.25) is 17.7 Å². The summed E-state index contributed by atoms with van der Waals surface area (Å²) in [4.78, 5) is 52.6. The number of benzene rings is 1. The van der Waals surface area contributed by atoms with Gasteiger partial charge in [0.25, 0.3) is 0 Å². The van der Waals surface area contributed by atoms with Crippen LogP contribution >= 0.6 is 11.8 Å². The smallest absolute Gasteiger partial charge is 0.243 e. The Hall–Kier alpha value is -2.27. The van der Waals surface area contributed by atoms with Gasteiger partial charge in [-0.15, -0.1) is 11.8 Å². The van der Waals surface area contributed by atoms with Crippen molar-refractivity contribution in [3.8, 4) is 0 Å². The third-order valence-electron chi connectivity index (χ3n) is 6.36. The zero-order valence-corrected chi connectivity index (χ0v) is 21.2. The number of hydrogen-bond acceptors (Lipinski definition) is 8. The van der Waals surface area contributed by atoms with E-state index in [9.17, 15) is 19.2 Å². The summed E-state index contributed by atoms with van der Waals surface area (Å²) in [6, 6.07) is 5.27. The van der Waals surface area contributed by atoms with Crippen LogP contribution in [0.1, 0.15) is 48.0 Å². The van der Waals surface area contributed by atoms with E-state index in [2.05, 4.69) is 15.5 Å². The fourth-order valence-corrected chi connectivity index (χ4v) is 5.37. The summed E-state index contributed by atoms with van der Waals surface area (Å²) >= 11 is 1.68. The van der Waals surface area contributed by atoms with Gasteiger partial charge in [0.15, 0.2) is 0 Å². The molecule has 3 rings (SSSR count). The first-order valence-corrected chi connectivity index (χ1v) is 13.3. The van der Waals surface area contributed by atoms with E-state index in [1.807, 2.05) is 24.1 Å². The summed E-state index contributed by atoms with van der Waals surface area (Å²) in [6.45, 7) is 5.13. The van der Waals surface area contributed by atoms with E-state index in [1.54, 1.807) is 17.8 Å². The molecule has 0 radical (unpaired) electrons. The van der Waals surface area contributed by atoms with E-state index in [4.69, 9.17) is 4.74 Å². The van der Waals surface area contributed by atoms with Gasteiger partial charge in [0.1, 0.15) is 6.29 Å². The minimum absolute atomic E-state index is 0.0848. The molecule has 1 atom stereocenters. The quantitative estimate of drug-likeness (QED) is 0.180. The maximum absolute atomic E-state index is 12.2. The number of nitrogens with one attached hydrogen (secondary N) is 2. The van der Waals surface area contributed by atoms with Crippen LogP contribution in [0.3, 0.4) is 0 Å². The number of carbonyl (C=O) groups is 4. The predicted octanol–water partition coefficient (Wildman–Crippen LogP) is 1.45. The Morgan fingerprint density at radius 1 is 1.29 bits per heavy atom. The van der Waals surface area contributed by atoms with E-state index in [0.717, 1.165) is 68.2 Å². The van der Waals surface area contributed by atoms with Crippen molar-refractivity contribution in [3.63, 3.8) is 0 Å². The fraction of sp³-hybridized carbons (Fsp3) is 0.600. The van der Waals surface area contributed by atoms with E-state index in [0.29, 0.717) is 37.9 Å². The van der Waals surface area contributed by atoms with Crippen molar-refractivity contribution in [2.45, 2.75) is 49.6 Å². The Balaban J connectivity index is 1.41. The van der Waals surface area contributed by atoms with Crippen molar-refractivity contribution in [2.24, 2.45) is 0 Å². The Kier molecular flexibility index (Phi) is 11.2. The number of likely N-dealkylation sites (N-methyl/N-ethyl adjacent to an activating group) is 1. The Morgan fingerprint density at radius 3 is 2.83 bits per heavy atom. The average molecular weight is 505 g/mol. The molecule has 9 nitrogen and oxygen atoms in total. The molecule has 2 saturated heterocycles. The second-order valence-corrected chi connectivity index (χ2v) is 10.1. The molecule has 1 aromatic rings. The van der Waals surface area contributed by atoms with Crippen LogP contribution in [0, 0.1) is 0 Å². The number of carbonyl (C=O) groups excluding carboxylic acids is 4. The van der Waals surface area contributed by atoms with Gasteiger partial charge >= 0.3 is 0 Å². The van der Waals surface area contributed by atoms with Crippen molar-refractivity contribution in [3.05, 3.63) is 29.3 Å². The van der Waals surface area contributed by atoms with Crippen LogP contribution in [-0.4, -0.2) is 92.0 Å². The number of unbranched alkanes of at least 4 members (excludes halogenated alkanes) is 1. The van der Waals surface area contributed by atoms with Crippen molar-refractivity contribution < 1.29 is 23.9 Å². The normalized spacial score (nSPS) is 19.0. The fourth-order valence-electron chi connectivity index (χ4n) is 4.27. The zero-order chi connectivity index (χ0) is 25.0. The number of aldehydes is 1. The lowest BCUT2D eigenvalue weighted by Crippen LogP contribution is -2.51. The van der Waals surface area contributed by atoms with Crippen LogP contribution in [0.4, 0.5) is 0 Å². The first kappa shape index (κ1) is 27.3. The molecular weight excluding hydrogens is 468 g/mol. The second kappa shape index (κ2) is 14.3. The number of amides is 3. The molecule has 2 aliphatic rings. The SMILES string of the molecule is CN(Cc1c(C=O)cccc1SCCCCNC(=O)CCN1CCOCC1)C1CCC(=O)NC1=O. The topological polar surface area (TPSA) is 108 Å². The summed E-state index contributed by atoms with van der Waals surface area (Å²) in [7, 11) is 1.85. The predicted molar refractivity (Wildman–Crippen MR) is 134 cm³/mol. The molecule has 10 heteroatoms. The third kappa shape index (κ3) is 8.71. The zero-order valence-electron chi connectivity index (χ0n) is 20.4. The van der Waals surface area contributed by atoms with Crippen molar-refractivity contribution in [2.75, 3.05) is 52.2 Å². The molecule has 1 unspecified atom stereocenters. The first-order valence-electron chi connectivity index (χ1n) is 12.3. The second-order valence-electron chi connectivity index (χ2n) is 8.93. The number of imide groups is 1. The van der Waals surface area contributed by atoms with Gasteiger partial charge in [0.05, 0.1) is 19.3 Å². The highest BCUT2D eigenvalue weighted by atomic mass is 32.2. The highest BCUT2D eigenvalue weighted by molar-refractivity contribution is 7.99. The maximum atomic E-state index is 12.2. The largest absolute Gasteiger partial charge is 0.379 e. The minimum Gasteiger partial charge on any atom is -0.379 e. The number of morpholine rings is 1. The molecule has 3 amide bonds. The number of ether oxygens (including phenoxy) is 1. The lowest BCUT2D eigenvalue weighted by atomic mass is 10.0. The summed E-state index contributed by atoms with van der Waals surface area (Å²) in [5.74, 6) is 0.425. The molecule has 1 aromatic carbocycles. The maximum Gasteiger partial charge on any atom is 0.243 e. The summed E-state index contributed by atoms with van der Waals surface area (Å²) < 4.78 is 5.32. The van der Waals surface area contributed by atoms with Crippen LogP contribution < -0.4 is 10.6 Å². The summed E-state index contributed by atoms with van der Waals surface area (Å²) in [5, 5.41) is 5.39. The van der Waals surface area contributed by atoms with Crippen LogP contribution in [0.15, 0.2) is 23.1 Å². The Bertz CT molecular complexity index is 891. The van der Waals surface area contributed by atoms with Crippen LogP contribution in [0.5, 0.6) is 0 Å². The first-order chi connectivity index (χ1) is 17.0. The molecule has 35 heavy (non-hydrogen) atoms. The molecule has 2 fully saturated rings. The van der Waals surface area contributed by atoms with Crippen LogP contribution in [0.2, 0.25) is 0 Å². The monoisotopic (exact) mass is 504 g/mol. The Labute approximate surface area is 211 Å². The molecule has 0 spiro atoms. The number of nitrogens with zero attached hydrogens (tertiary/aromatic N) is 2. The molecule has 2 N–H and O–H groups in total.